The first-order chi connectivity index (χ1) is 9.36. The van der Waals surface area contributed by atoms with E-state index in [9.17, 15) is 0 Å². The summed E-state index contributed by atoms with van der Waals surface area (Å²) >= 11 is 0. The van der Waals surface area contributed by atoms with Gasteiger partial charge in [-0.2, -0.15) is 4.98 Å². The van der Waals surface area contributed by atoms with Crippen molar-refractivity contribution in [1.82, 2.24) is 10.3 Å². The molecule has 0 aliphatic carbocycles. The second kappa shape index (κ2) is 5.59. The van der Waals surface area contributed by atoms with Crippen LogP contribution in [0.2, 0.25) is 0 Å². The van der Waals surface area contributed by atoms with Crippen molar-refractivity contribution < 1.29 is 9.52 Å². The summed E-state index contributed by atoms with van der Waals surface area (Å²) in [5.41, 5.74) is 1.76. The Morgan fingerprint density at radius 3 is 2.84 bits per heavy atom. The van der Waals surface area contributed by atoms with Crippen LogP contribution in [0.25, 0.3) is 11.1 Å². The summed E-state index contributed by atoms with van der Waals surface area (Å²) in [6, 6.07) is 9.07. The van der Waals surface area contributed by atoms with Crippen LogP contribution in [0, 0.1) is 0 Å². The summed E-state index contributed by atoms with van der Waals surface area (Å²) < 4.78 is 5.78. The highest BCUT2D eigenvalue weighted by Crippen LogP contribution is 2.24. The third kappa shape index (κ3) is 2.72. The molecule has 2 N–H and O–H groups in total. The summed E-state index contributed by atoms with van der Waals surface area (Å²) in [7, 11) is 0. The fourth-order valence-corrected chi connectivity index (χ4v) is 2.54. The smallest absolute Gasteiger partial charge is 0.298 e. The largest absolute Gasteiger partial charge is 0.423 e. The first kappa shape index (κ1) is 12.4. The number of aliphatic hydroxyl groups is 1. The maximum absolute atomic E-state index is 8.81. The van der Waals surface area contributed by atoms with Crippen LogP contribution in [0.3, 0.4) is 0 Å². The Morgan fingerprint density at radius 2 is 2.11 bits per heavy atom. The predicted molar refractivity (Wildman–Crippen MR) is 74.3 cm³/mol. The normalized spacial score (nSPS) is 17.2. The maximum atomic E-state index is 8.81. The maximum Gasteiger partial charge on any atom is 0.298 e. The van der Waals surface area contributed by atoms with Crippen molar-refractivity contribution in [3.8, 4) is 0 Å². The van der Waals surface area contributed by atoms with Crippen molar-refractivity contribution >= 4 is 17.1 Å². The first-order valence-corrected chi connectivity index (χ1v) is 6.81. The van der Waals surface area contributed by atoms with E-state index in [1.54, 1.807) is 0 Å². The van der Waals surface area contributed by atoms with Crippen molar-refractivity contribution in [3.63, 3.8) is 0 Å². The lowest BCUT2D eigenvalue weighted by atomic mass is 10.1. The van der Waals surface area contributed by atoms with Crippen molar-refractivity contribution in [1.29, 1.82) is 0 Å². The van der Waals surface area contributed by atoms with E-state index < -0.39 is 0 Å². The number of piperidine rings is 1. The van der Waals surface area contributed by atoms with Gasteiger partial charge >= 0.3 is 0 Å². The number of benzene rings is 1. The number of aromatic nitrogens is 1. The number of anilines is 1. The van der Waals surface area contributed by atoms with Gasteiger partial charge in [0.1, 0.15) is 5.52 Å². The van der Waals surface area contributed by atoms with Gasteiger partial charge in [-0.1, -0.05) is 12.1 Å². The number of nitrogens with zero attached hydrogens (tertiary/aromatic N) is 2. The molecule has 2 aromatic rings. The number of para-hydroxylation sites is 2. The minimum atomic E-state index is 0.200. The molecular formula is C14H19N3O2. The molecule has 0 radical (unpaired) electrons. The zero-order valence-electron chi connectivity index (χ0n) is 10.9. The Morgan fingerprint density at radius 1 is 1.32 bits per heavy atom. The van der Waals surface area contributed by atoms with Gasteiger partial charge in [-0.3, -0.25) is 0 Å². The lowest BCUT2D eigenvalue weighted by Gasteiger charge is -2.31. The topological polar surface area (TPSA) is 61.5 Å². The highest BCUT2D eigenvalue weighted by molar-refractivity contribution is 5.74. The molecule has 1 aliphatic rings. The van der Waals surface area contributed by atoms with Crippen LogP contribution in [-0.4, -0.2) is 42.4 Å². The Kier molecular flexibility index (Phi) is 3.66. The van der Waals surface area contributed by atoms with Gasteiger partial charge < -0.3 is 19.7 Å². The van der Waals surface area contributed by atoms with Crippen LogP contribution in [0.4, 0.5) is 6.01 Å². The Bertz CT molecular complexity index is 499. The van der Waals surface area contributed by atoms with Gasteiger partial charge in [0.25, 0.3) is 6.01 Å². The molecule has 5 nitrogen and oxygen atoms in total. The summed E-state index contributed by atoms with van der Waals surface area (Å²) in [6.07, 6.45) is 2.11. The van der Waals surface area contributed by atoms with Crippen LogP contribution in [0.5, 0.6) is 0 Å². The van der Waals surface area contributed by atoms with Gasteiger partial charge in [0, 0.05) is 25.7 Å². The van der Waals surface area contributed by atoms with E-state index >= 15 is 0 Å². The SMILES string of the molecule is OCCNC1CCN(c2nc3ccccc3o2)CC1. The molecular weight excluding hydrogens is 242 g/mol. The minimum Gasteiger partial charge on any atom is -0.423 e. The molecule has 102 valence electrons. The van der Waals surface area contributed by atoms with Crippen LogP contribution in [0.1, 0.15) is 12.8 Å². The molecule has 0 spiro atoms. The molecule has 0 unspecified atom stereocenters. The van der Waals surface area contributed by atoms with Crippen LogP contribution >= 0.6 is 0 Å². The average Bonchev–Trinajstić information content (AvgIpc) is 2.89. The van der Waals surface area contributed by atoms with Crippen LogP contribution in [0.15, 0.2) is 28.7 Å². The number of hydrogen-bond donors (Lipinski definition) is 2. The van der Waals surface area contributed by atoms with Crippen molar-refractivity contribution in [2.45, 2.75) is 18.9 Å². The summed E-state index contributed by atoms with van der Waals surface area (Å²) in [5, 5.41) is 12.2. The Balaban J connectivity index is 1.64. The number of fused-ring (bicyclic) bond motifs is 1. The van der Waals surface area contributed by atoms with Crippen molar-refractivity contribution in [2.24, 2.45) is 0 Å². The number of aliphatic hydroxyl groups excluding tert-OH is 1. The van der Waals surface area contributed by atoms with E-state index in [-0.39, 0.29) is 6.61 Å². The summed E-state index contributed by atoms with van der Waals surface area (Å²) in [5.74, 6) is 0. The number of rotatable bonds is 4. The van der Waals surface area contributed by atoms with E-state index in [4.69, 9.17) is 9.52 Å². The molecule has 19 heavy (non-hydrogen) atoms. The van der Waals surface area contributed by atoms with E-state index in [0.29, 0.717) is 12.6 Å². The minimum absolute atomic E-state index is 0.200. The van der Waals surface area contributed by atoms with Crippen LogP contribution < -0.4 is 10.2 Å². The van der Waals surface area contributed by atoms with Crippen LogP contribution in [-0.2, 0) is 0 Å². The predicted octanol–water partition coefficient (Wildman–Crippen LogP) is 1.38. The standard InChI is InChI=1S/C14H19N3O2/c18-10-7-15-11-5-8-17(9-6-11)14-16-12-3-1-2-4-13(12)19-14/h1-4,11,15,18H,5-10H2. The van der Waals surface area contributed by atoms with E-state index in [1.165, 1.54) is 0 Å². The highest BCUT2D eigenvalue weighted by Gasteiger charge is 2.22. The molecule has 5 heteroatoms. The second-order valence-corrected chi connectivity index (χ2v) is 4.90. The van der Waals surface area contributed by atoms with Gasteiger partial charge in [-0.25, -0.2) is 0 Å². The Hall–Kier alpha value is -1.59. The van der Waals surface area contributed by atoms with E-state index in [1.807, 2.05) is 24.3 Å². The van der Waals surface area contributed by atoms with Crippen molar-refractivity contribution in [2.75, 3.05) is 31.1 Å². The molecule has 1 fully saturated rings. The molecule has 0 saturated carbocycles. The number of nitrogens with one attached hydrogen (secondary N) is 1. The fraction of sp³-hybridized carbons (Fsp3) is 0.500. The van der Waals surface area contributed by atoms with E-state index in [2.05, 4.69) is 15.2 Å². The molecule has 1 saturated heterocycles. The molecule has 0 amide bonds. The van der Waals surface area contributed by atoms with E-state index in [0.717, 1.165) is 43.0 Å². The van der Waals surface area contributed by atoms with Gasteiger partial charge in [0.05, 0.1) is 6.61 Å². The molecule has 2 heterocycles. The Labute approximate surface area is 112 Å². The molecule has 1 aliphatic heterocycles. The first-order valence-electron chi connectivity index (χ1n) is 6.81. The second-order valence-electron chi connectivity index (χ2n) is 4.90. The molecule has 3 rings (SSSR count). The highest BCUT2D eigenvalue weighted by atomic mass is 16.4. The lowest BCUT2D eigenvalue weighted by molar-refractivity contribution is 0.276. The third-order valence-electron chi connectivity index (χ3n) is 3.59. The van der Waals surface area contributed by atoms with Crippen molar-refractivity contribution in [3.05, 3.63) is 24.3 Å². The van der Waals surface area contributed by atoms with Gasteiger partial charge in [0.2, 0.25) is 0 Å². The zero-order chi connectivity index (χ0) is 13.1. The van der Waals surface area contributed by atoms with Gasteiger partial charge in [0.15, 0.2) is 5.58 Å². The summed E-state index contributed by atoms with van der Waals surface area (Å²) in [4.78, 5) is 6.71. The number of oxazole rings is 1. The lowest BCUT2D eigenvalue weighted by Crippen LogP contribution is -2.43. The monoisotopic (exact) mass is 261 g/mol. The van der Waals surface area contributed by atoms with Gasteiger partial charge in [-0.05, 0) is 25.0 Å². The molecule has 0 bridgehead atoms. The quantitative estimate of drug-likeness (QED) is 0.870. The number of hydrogen-bond acceptors (Lipinski definition) is 5. The fourth-order valence-electron chi connectivity index (χ4n) is 2.54. The third-order valence-corrected chi connectivity index (χ3v) is 3.59. The molecule has 0 atom stereocenters. The molecule has 1 aromatic carbocycles. The molecule has 1 aromatic heterocycles. The zero-order valence-corrected chi connectivity index (χ0v) is 10.9. The van der Waals surface area contributed by atoms with Gasteiger partial charge in [-0.15, -0.1) is 0 Å². The average molecular weight is 261 g/mol. The summed E-state index contributed by atoms with van der Waals surface area (Å²) in [6.45, 7) is 2.75.